The predicted molar refractivity (Wildman–Crippen MR) is 97.2 cm³/mol. The summed E-state index contributed by atoms with van der Waals surface area (Å²) < 4.78 is 19.2. The Balaban J connectivity index is 1.68. The first-order valence-electron chi connectivity index (χ1n) is 7.65. The summed E-state index contributed by atoms with van der Waals surface area (Å²) in [6.45, 7) is -0.104. The van der Waals surface area contributed by atoms with Crippen molar-refractivity contribution in [2.45, 2.75) is 6.42 Å². The summed E-state index contributed by atoms with van der Waals surface area (Å²) in [4.78, 5) is 23.2. The number of esters is 1. The number of ether oxygens (including phenoxy) is 1. The molecule has 0 aliphatic heterocycles. The standard InChI is InChI=1S/C19H17BrFNO3/c20-16-8-5-14(6-9-16)7-10-19(24)25-13-18(23)22-12-11-15-3-1-2-4-17(15)21/h1-10H,11-13H2,(H,22,23)/b10-7+. The minimum Gasteiger partial charge on any atom is -0.452 e. The van der Waals surface area contributed by atoms with Crippen LogP contribution in [0.1, 0.15) is 11.1 Å². The molecular weight excluding hydrogens is 389 g/mol. The van der Waals surface area contributed by atoms with Gasteiger partial charge in [0, 0.05) is 17.1 Å². The molecule has 0 saturated carbocycles. The number of hydrogen-bond acceptors (Lipinski definition) is 3. The Bertz CT molecular complexity index is 760. The van der Waals surface area contributed by atoms with Crippen LogP contribution in [0.3, 0.4) is 0 Å². The smallest absolute Gasteiger partial charge is 0.331 e. The van der Waals surface area contributed by atoms with Gasteiger partial charge in [-0.15, -0.1) is 0 Å². The molecule has 6 heteroatoms. The van der Waals surface area contributed by atoms with Gasteiger partial charge >= 0.3 is 5.97 Å². The molecule has 130 valence electrons. The second kappa shape index (κ2) is 9.74. The topological polar surface area (TPSA) is 55.4 Å². The van der Waals surface area contributed by atoms with Crippen molar-refractivity contribution in [2.24, 2.45) is 0 Å². The summed E-state index contributed by atoms with van der Waals surface area (Å²) in [5.74, 6) is -1.34. The number of carbonyl (C=O) groups excluding carboxylic acids is 2. The lowest BCUT2D eigenvalue weighted by Gasteiger charge is -2.06. The molecule has 0 atom stereocenters. The van der Waals surface area contributed by atoms with E-state index in [9.17, 15) is 14.0 Å². The van der Waals surface area contributed by atoms with Crippen molar-refractivity contribution in [3.8, 4) is 0 Å². The third-order valence-electron chi connectivity index (χ3n) is 3.30. The SMILES string of the molecule is O=C(COC(=O)/C=C/c1ccc(Br)cc1)NCCc1ccccc1F. The molecule has 0 saturated heterocycles. The van der Waals surface area contributed by atoms with E-state index in [0.29, 0.717) is 12.0 Å². The minimum atomic E-state index is -0.604. The molecule has 0 fully saturated rings. The Morgan fingerprint density at radius 3 is 2.56 bits per heavy atom. The number of hydrogen-bond donors (Lipinski definition) is 1. The third-order valence-corrected chi connectivity index (χ3v) is 3.83. The first kappa shape index (κ1) is 18.9. The number of rotatable bonds is 7. The van der Waals surface area contributed by atoms with E-state index in [1.807, 2.05) is 24.3 Å². The minimum absolute atomic E-state index is 0.270. The second-order valence-corrected chi connectivity index (χ2v) is 6.10. The fourth-order valence-electron chi connectivity index (χ4n) is 2.01. The van der Waals surface area contributed by atoms with Crippen LogP contribution in [0.25, 0.3) is 6.08 Å². The summed E-state index contributed by atoms with van der Waals surface area (Å²) >= 11 is 3.32. The van der Waals surface area contributed by atoms with Gasteiger partial charge in [0.25, 0.3) is 5.91 Å². The van der Waals surface area contributed by atoms with Gasteiger partial charge in [0.2, 0.25) is 0 Å². The van der Waals surface area contributed by atoms with Crippen LogP contribution in [0, 0.1) is 5.82 Å². The molecular formula is C19H17BrFNO3. The van der Waals surface area contributed by atoms with Crippen LogP contribution >= 0.6 is 15.9 Å². The first-order valence-corrected chi connectivity index (χ1v) is 8.44. The van der Waals surface area contributed by atoms with Crippen molar-refractivity contribution in [3.63, 3.8) is 0 Å². The van der Waals surface area contributed by atoms with Crippen LogP contribution in [-0.4, -0.2) is 25.0 Å². The van der Waals surface area contributed by atoms with Gasteiger partial charge in [-0.25, -0.2) is 9.18 Å². The fraction of sp³-hybridized carbons (Fsp3) is 0.158. The van der Waals surface area contributed by atoms with Crippen LogP contribution in [0.4, 0.5) is 4.39 Å². The molecule has 2 aromatic carbocycles. The molecule has 4 nitrogen and oxygen atoms in total. The summed E-state index contributed by atoms with van der Waals surface area (Å²) in [5, 5.41) is 2.58. The van der Waals surface area contributed by atoms with Gasteiger partial charge in [0.15, 0.2) is 6.61 Å². The van der Waals surface area contributed by atoms with Gasteiger partial charge < -0.3 is 10.1 Å². The first-order chi connectivity index (χ1) is 12.0. The largest absolute Gasteiger partial charge is 0.452 e. The Morgan fingerprint density at radius 2 is 1.84 bits per heavy atom. The highest BCUT2D eigenvalue weighted by Gasteiger charge is 2.06. The van der Waals surface area contributed by atoms with E-state index in [2.05, 4.69) is 21.2 Å². The maximum atomic E-state index is 13.4. The average molecular weight is 406 g/mol. The number of halogens is 2. The number of amides is 1. The van der Waals surface area contributed by atoms with E-state index in [0.717, 1.165) is 10.0 Å². The normalized spacial score (nSPS) is 10.6. The summed E-state index contributed by atoms with van der Waals surface area (Å²) in [6.07, 6.45) is 3.23. The van der Waals surface area contributed by atoms with Gasteiger partial charge in [0.1, 0.15) is 5.82 Å². The summed E-state index contributed by atoms with van der Waals surface area (Å²) in [5.41, 5.74) is 1.37. The monoisotopic (exact) mass is 405 g/mol. The quantitative estimate of drug-likeness (QED) is 0.566. The molecule has 0 radical (unpaired) electrons. The Kier molecular flexibility index (Phi) is 7.35. The highest BCUT2D eigenvalue weighted by Crippen LogP contribution is 2.11. The maximum absolute atomic E-state index is 13.4. The molecule has 0 aliphatic rings. The van der Waals surface area contributed by atoms with Gasteiger partial charge in [-0.1, -0.05) is 46.3 Å². The summed E-state index contributed by atoms with van der Waals surface area (Å²) in [7, 11) is 0. The molecule has 2 rings (SSSR count). The lowest BCUT2D eigenvalue weighted by atomic mass is 10.1. The third kappa shape index (κ3) is 6.89. The zero-order chi connectivity index (χ0) is 18.1. The van der Waals surface area contributed by atoms with Crippen molar-refractivity contribution in [1.29, 1.82) is 0 Å². The zero-order valence-corrected chi connectivity index (χ0v) is 15.0. The van der Waals surface area contributed by atoms with E-state index in [1.54, 1.807) is 24.3 Å². The van der Waals surface area contributed by atoms with E-state index < -0.39 is 11.9 Å². The lowest BCUT2D eigenvalue weighted by Crippen LogP contribution is -2.30. The molecule has 0 heterocycles. The van der Waals surface area contributed by atoms with Crippen LogP contribution in [-0.2, 0) is 20.7 Å². The molecule has 0 aromatic heterocycles. The second-order valence-electron chi connectivity index (χ2n) is 5.18. The van der Waals surface area contributed by atoms with Crippen LogP contribution < -0.4 is 5.32 Å². The van der Waals surface area contributed by atoms with E-state index in [-0.39, 0.29) is 19.0 Å². The molecule has 1 amide bonds. The van der Waals surface area contributed by atoms with Crippen molar-refractivity contribution >= 4 is 33.9 Å². The van der Waals surface area contributed by atoms with Crippen LogP contribution in [0.2, 0.25) is 0 Å². The van der Waals surface area contributed by atoms with E-state index >= 15 is 0 Å². The number of benzene rings is 2. The maximum Gasteiger partial charge on any atom is 0.331 e. The Morgan fingerprint density at radius 1 is 1.12 bits per heavy atom. The molecule has 0 aliphatic carbocycles. The highest BCUT2D eigenvalue weighted by molar-refractivity contribution is 9.10. The highest BCUT2D eigenvalue weighted by atomic mass is 79.9. The molecule has 2 aromatic rings. The fourth-order valence-corrected chi connectivity index (χ4v) is 2.28. The molecule has 0 unspecified atom stereocenters. The van der Waals surface area contributed by atoms with Gasteiger partial charge in [-0.05, 0) is 41.8 Å². The van der Waals surface area contributed by atoms with Gasteiger partial charge in [0.05, 0.1) is 0 Å². The molecule has 0 spiro atoms. The van der Waals surface area contributed by atoms with E-state index in [1.165, 1.54) is 12.1 Å². The predicted octanol–water partition coefficient (Wildman–Crippen LogP) is 3.50. The van der Waals surface area contributed by atoms with Crippen molar-refractivity contribution in [2.75, 3.05) is 13.2 Å². The van der Waals surface area contributed by atoms with Gasteiger partial charge in [-0.2, -0.15) is 0 Å². The van der Waals surface area contributed by atoms with E-state index in [4.69, 9.17) is 4.74 Å². The number of nitrogens with one attached hydrogen (secondary N) is 1. The average Bonchev–Trinajstić information content (AvgIpc) is 2.61. The van der Waals surface area contributed by atoms with Crippen molar-refractivity contribution in [3.05, 3.63) is 76.0 Å². The molecule has 25 heavy (non-hydrogen) atoms. The van der Waals surface area contributed by atoms with Crippen LogP contribution in [0.15, 0.2) is 59.1 Å². The number of carbonyl (C=O) groups is 2. The van der Waals surface area contributed by atoms with Gasteiger partial charge in [-0.3, -0.25) is 4.79 Å². The molecule has 0 bridgehead atoms. The zero-order valence-electron chi connectivity index (χ0n) is 13.4. The van der Waals surface area contributed by atoms with Crippen molar-refractivity contribution < 1.29 is 18.7 Å². The van der Waals surface area contributed by atoms with Crippen molar-refractivity contribution in [1.82, 2.24) is 5.32 Å². The Labute approximate surface area is 153 Å². The van der Waals surface area contributed by atoms with Crippen LogP contribution in [0.5, 0.6) is 0 Å². The lowest BCUT2D eigenvalue weighted by molar-refractivity contribution is -0.143. The Hall–Kier alpha value is -2.47. The molecule has 1 N–H and O–H groups in total. The summed E-state index contributed by atoms with van der Waals surface area (Å²) in [6, 6.07) is 13.8.